The number of rotatable bonds is 7. The van der Waals surface area contributed by atoms with Gasteiger partial charge in [-0.25, -0.2) is 0 Å². The van der Waals surface area contributed by atoms with Gasteiger partial charge in [-0.15, -0.1) is 0 Å². The van der Waals surface area contributed by atoms with E-state index < -0.39 is 0 Å². The Balaban J connectivity index is 1.91. The average molecular weight is 344 g/mol. The van der Waals surface area contributed by atoms with E-state index in [1.54, 1.807) is 4.90 Å². The molecular formula is C21H32N2O2. The smallest absolute Gasteiger partial charge is 0.227 e. The first-order chi connectivity index (χ1) is 11.8. The quantitative estimate of drug-likeness (QED) is 0.813. The van der Waals surface area contributed by atoms with Crippen LogP contribution in [0, 0.1) is 25.7 Å². The highest BCUT2D eigenvalue weighted by Crippen LogP contribution is 2.28. The monoisotopic (exact) mass is 344 g/mol. The van der Waals surface area contributed by atoms with E-state index in [1.807, 2.05) is 26.0 Å². The highest BCUT2D eigenvalue weighted by Gasteiger charge is 2.35. The Bertz CT molecular complexity index is 624. The van der Waals surface area contributed by atoms with Crippen LogP contribution in [-0.4, -0.2) is 24.4 Å². The molecule has 0 saturated carbocycles. The van der Waals surface area contributed by atoms with Gasteiger partial charge in [0.1, 0.15) is 0 Å². The molecule has 1 fully saturated rings. The molecule has 2 amide bonds. The third kappa shape index (κ3) is 5.32. The lowest BCUT2D eigenvalue weighted by Gasteiger charge is -2.20. The first kappa shape index (κ1) is 19.5. The van der Waals surface area contributed by atoms with Gasteiger partial charge in [-0.2, -0.15) is 0 Å². The van der Waals surface area contributed by atoms with Crippen LogP contribution in [-0.2, 0) is 9.59 Å². The lowest BCUT2D eigenvalue weighted by atomic mass is 10.0. The van der Waals surface area contributed by atoms with E-state index in [-0.39, 0.29) is 23.8 Å². The molecule has 2 atom stereocenters. The van der Waals surface area contributed by atoms with E-state index in [4.69, 9.17) is 0 Å². The molecule has 0 radical (unpaired) electrons. The number of anilines is 1. The average Bonchev–Trinajstić information content (AvgIpc) is 2.89. The number of aryl methyl sites for hydroxylation is 2. The maximum atomic E-state index is 12.5. The maximum absolute atomic E-state index is 12.5. The summed E-state index contributed by atoms with van der Waals surface area (Å²) in [7, 11) is 0. The van der Waals surface area contributed by atoms with Crippen LogP contribution < -0.4 is 10.2 Å². The van der Waals surface area contributed by atoms with Gasteiger partial charge in [-0.05, 0) is 44.7 Å². The predicted molar refractivity (Wildman–Crippen MR) is 103 cm³/mol. The topological polar surface area (TPSA) is 49.4 Å². The SMILES string of the molecule is Cc1ccc(N2CC(C(=O)NC(C)CCCC(C)C)CC2=O)c(C)c1. The fourth-order valence-corrected chi connectivity index (χ4v) is 3.49. The zero-order valence-electron chi connectivity index (χ0n) is 16.3. The fraction of sp³-hybridized carbons (Fsp3) is 0.619. The number of nitrogens with zero attached hydrogens (tertiary/aromatic N) is 1. The van der Waals surface area contributed by atoms with Gasteiger partial charge in [0, 0.05) is 24.7 Å². The summed E-state index contributed by atoms with van der Waals surface area (Å²) in [6, 6.07) is 6.24. The summed E-state index contributed by atoms with van der Waals surface area (Å²) in [5, 5.41) is 3.09. The van der Waals surface area contributed by atoms with Crippen molar-refractivity contribution in [3.63, 3.8) is 0 Å². The summed E-state index contributed by atoms with van der Waals surface area (Å²) in [5.74, 6) is 0.500. The van der Waals surface area contributed by atoms with Gasteiger partial charge in [0.15, 0.2) is 0 Å². The van der Waals surface area contributed by atoms with Crippen molar-refractivity contribution in [2.75, 3.05) is 11.4 Å². The highest BCUT2D eigenvalue weighted by atomic mass is 16.2. The van der Waals surface area contributed by atoms with Gasteiger partial charge in [-0.1, -0.05) is 44.4 Å². The lowest BCUT2D eigenvalue weighted by Crippen LogP contribution is -2.38. The van der Waals surface area contributed by atoms with Gasteiger partial charge in [0.05, 0.1) is 5.92 Å². The first-order valence-electron chi connectivity index (χ1n) is 9.46. The van der Waals surface area contributed by atoms with Gasteiger partial charge in [0.2, 0.25) is 11.8 Å². The minimum absolute atomic E-state index is 0.0117. The molecule has 1 aliphatic rings. The van der Waals surface area contributed by atoms with Gasteiger partial charge < -0.3 is 10.2 Å². The molecular weight excluding hydrogens is 312 g/mol. The molecule has 1 aromatic rings. The Labute approximate surface area is 152 Å². The van der Waals surface area contributed by atoms with Crippen molar-refractivity contribution in [3.8, 4) is 0 Å². The molecule has 1 aromatic carbocycles. The van der Waals surface area contributed by atoms with Crippen LogP contribution >= 0.6 is 0 Å². The van der Waals surface area contributed by atoms with Crippen molar-refractivity contribution in [3.05, 3.63) is 29.3 Å². The van der Waals surface area contributed by atoms with E-state index in [9.17, 15) is 9.59 Å². The fourth-order valence-electron chi connectivity index (χ4n) is 3.49. The second kappa shape index (κ2) is 8.50. The molecule has 25 heavy (non-hydrogen) atoms. The summed E-state index contributed by atoms with van der Waals surface area (Å²) in [6.45, 7) is 11.0. The number of hydrogen-bond donors (Lipinski definition) is 1. The van der Waals surface area contributed by atoms with Crippen molar-refractivity contribution < 1.29 is 9.59 Å². The second-order valence-corrected chi connectivity index (χ2v) is 7.93. The number of nitrogens with one attached hydrogen (secondary N) is 1. The Morgan fingerprint density at radius 3 is 2.60 bits per heavy atom. The van der Waals surface area contributed by atoms with E-state index in [0.29, 0.717) is 18.9 Å². The van der Waals surface area contributed by atoms with Crippen molar-refractivity contribution in [2.45, 2.75) is 66.3 Å². The summed E-state index contributed by atoms with van der Waals surface area (Å²) >= 11 is 0. The Kier molecular flexibility index (Phi) is 6.63. The number of amides is 2. The summed E-state index contributed by atoms with van der Waals surface area (Å²) in [4.78, 5) is 26.7. The second-order valence-electron chi connectivity index (χ2n) is 7.93. The molecule has 0 bridgehead atoms. The normalized spacial score (nSPS) is 18.7. The van der Waals surface area contributed by atoms with Gasteiger partial charge in [-0.3, -0.25) is 9.59 Å². The maximum Gasteiger partial charge on any atom is 0.227 e. The summed E-state index contributed by atoms with van der Waals surface area (Å²) < 4.78 is 0. The summed E-state index contributed by atoms with van der Waals surface area (Å²) in [6.07, 6.45) is 3.60. The van der Waals surface area contributed by atoms with Crippen molar-refractivity contribution >= 4 is 17.5 Å². The van der Waals surface area contributed by atoms with Crippen molar-refractivity contribution in [2.24, 2.45) is 11.8 Å². The van der Waals surface area contributed by atoms with E-state index in [1.165, 1.54) is 12.0 Å². The Morgan fingerprint density at radius 1 is 1.24 bits per heavy atom. The largest absolute Gasteiger partial charge is 0.353 e. The lowest BCUT2D eigenvalue weighted by molar-refractivity contribution is -0.126. The van der Waals surface area contributed by atoms with Crippen LogP contribution in [0.2, 0.25) is 0 Å². The van der Waals surface area contributed by atoms with E-state index in [0.717, 1.165) is 24.1 Å². The molecule has 138 valence electrons. The molecule has 4 nitrogen and oxygen atoms in total. The van der Waals surface area contributed by atoms with Crippen LogP contribution in [0.1, 0.15) is 57.6 Å². The molecule has 1 heterocycles. The van der Waals surface area contributed by atoms with Crippen LogP contribution in [0.3, 0.4) is 0 Å². The number of carbonyl (C=O) groups is 2. The van der Waals surface area contributed by atoms with Crippen LogP contribution in [0.25, 0.3) is 0 Å². The zero-order chi connectivity index (χ0) is 18.6. The molecule has 1 aliphatic heterocycles. The Hall–Kier alpha value is -1.84. The third-order valence-corrected chi connectivity index (χ3v) is 4.95. The van der Waals surface area contributed by atoms with Crippen LogP contribution in [0.5, 0.6) is 0 Å². The molecule has 1 N–H and O–H groups in total. The van der Waals surface area contributed by atoms with Gasteiger partial charge >= 0.3 is 0 Å². The molecule has 2 rings (SSSR count). The highest BCUT2D eigenvalue weighted by molar-refractivity contribution is 6.00. The molecule has 2 unspecified atom stereocenters. The van der Waals surface area contributed by atoms with Crippen molar-refractivity contribution in [1.29, 1.82) is 0 Å². The Morgan fingerprint density at radius 2 is 1.96 bits per heavy atom. The van der Waals surface area contributed by atoms with Gasteiger partial charge in [0.25, 0.3) is 0 Å². The number of carbonyl (C=O) groups excluding carboxylic acids is 2. The minimum atomic E-state index is -0.249. The first-order valence-corrected chi connectivity index (χ1v) is 9.46. The molecule has 0 aromatic heterocycles. The van der Waals surface area contributed by atoms with E-state index in [2.05, 4.69) is 32.2 Å². The van der Waals surface area contributed by atoms with E-state index >= 15 is 0 Å². The number of hydrogen-bond acceptors (Lipinski definition) is 2. The number of benzene rings is 1. The van der Waals surface area contributed by atoms with Crippen LogP contribution in [0.4, 0.5) is 5.69 Å². The van der Waals surface area contributed by atoms with Crippen molar-refractivity contribution in [1.82, 2.24) is 5.32 Å². The molecule has 4 heteroatoms. The summed E-state index contributed by atoms with van der Waals surface area (Å²) in [5.41, 5.74) is 3.18. The minimum Gasteiger partial charge on any atom is -0.353 e. The molecule has 0 aliphatic carbocycles. The standard InChI is InChI=1S/C21H32N2O2/c1-14(2)7-6-8-17(5)22-21(25)18-12-20(24)23(13-18)19-10-9-15(3)11-16(19)4/h9-11,14,17-18H,6-8,12-13H2,1-5H3,(H,22,25). The predicted octanol–water partition coefficient (Wildman–Crippen LogP) is 3.99. The molecule has 1 saturated heterocycles. The molecule has 0 spiro atoms. The zero-order valence-corrected chi connectivity index (χ0v) is 16.3. The van der Waals surface area contributed by atoms with Crippen LogP contribution in [0.15, 0.2) is 18.2 Å². The third-order valence-electron chi connectivity index (χ3n) is 4.95.